The van der Waals surface area contributed by atoms with E-state index >= 15 is 0 Å². The summed E-state index contributed by atoms with van der Waals surface area (Å²) in [5.74, 6) is 1.44. The minimum absolute atomic E-state index is 0.130. The van der Waals surface area contributed by atoms with Gasteiger partial charge in [-0.3, -0.25) is 4.79 Å². The average molecular weight is 325 g/mol. The Hall–Kier alpha value is -3.09. The van der Waals surface area contributed by atoms with Gasteiger partial charge in [0.1, 0.15) is 12.1 Å². The average Bonchev–Trinajstić information content (AvgIpc) is 3.23. The molecular formula is C17H19N5O2. The molecule has 7 heteroatoms. The summed E-state index contributed by atoms with van der Waals surface area (Å²) in [4.78, 5) is 12.2. The van der Waals surface area contributed by atoms with Crippen LogP contribution in [0, 0.1) is 6.92 Å². The molecule has 0 aliphatic rings. The van der Waals surface area contributed by atoms with E-state index in [-0.39, 0.29) is 5.91 Å². The summed E-state index contributed by atoms with van der Waals surface area (Å²) in [5.41, 5.74) is 2.56. The van der Waals surface area contributed by atoms with Gasteiger partial charge in [0.25, 0.3) is 5.91 Å². The van der Waals surface area contributed by atoms with E-state index in [1.54, 1.807) is 24.7 Å². The lowest BCUT2D eigenvalue weighted by molar-refractivity contribution is 0.0948. The Labute approximate surface area is 139 Å². The standard InChI is InChI=1S/C17H19N5O2/c1-12-8-13(17(23)19-9-14-4-3-7-24-14)5-6-15(12)18-10-16-21-20-11-22(16)2/h3-8,11,18H,9-10H2,1-2H3,(H,19,23). The lowest BCUT2D eigenvalue weighted by atomic mass is 10.1. The van der Waals surface area contributed by atoms with Crippen LogP contribution in [0.1, 0.15) is 27.5 Å². The number of carbonyl (C=O) groups excluding carboxylic acids is 1. The van der Waals surface area contributed by atoms with Crippen LogP contribution < -0.4 is 10.6 Å². The zero-order chi connectivity index (χ0) is 16.9. The molecule has 24 heavy (non-hydrogen) atoms. The van der Waals surface area contributed by atoms with Crippen molar-refractivity contribution >= 4 is 11.6 Å². The SMILES string of the molecule is Cc1cc(C(=O)NCc2ccco2)ccc1NCc1nncn1C. The monoisotopic (exact) mass is 325 g/mol. The number of nitrogens with one attached hydrogen (secondary N) is 2. The van der Waals surface area contributed by atoms with E-state index in [0.29, 0.717) is 18.7 Å². The van der Waals surface area contributed by atoms with E-state index in [4.69, 9.17) is 4.42 Å². The fourth-order valence-electron chi connectivity index (χ4n) is 2.33. The maximum Gasteiger partial charge on any atom is 0.251 e. The molecule has 0 atom stereocenters. The van der Waals surface area contributed by atoms with Crippen LogP contribution in [0.2, 0.25) is 0 Å². The molecule has 2 heterocycles. The number of aryl methyl sites for hydroxylation is 2. The topological polar surface area (TPSA) is 85.0 Å². The lowest BCUT2D eigenvalue weighted by Crippen LogP contribution is -2.22. The quantitative estimate of drug-likeness (QED) is 0.726. The number of hydrogen-bond donors (Lipinski definition) is 2. The highest BCUT2D eigenvalue weighted by molar-refractivity contribution is 5.94. The van der Waals surface area contributed by atoms with E-state index in [0.717, 1.165) is 22.8 Å². The van der Waals surface area contributed by atoms with E-state index in [1.807, 2.05) is 36.7 Å². The van der Waals surface area contributed by atoms with Crippen LogP contribution in [0.5, 0.6) is 0 Å². The van der Waals surface area contributed by atoms with Gasteiger partial charge in [-0.15, -0.1) is 10.2 Å². The zero-order valence-electron chi connectivity index (χ0n) is 13.6. The van der Waals surface area contributed by atoms with Crippen molar-refractivity contribution in [1.82, 2.24) is 20.1 Å². The van der Waals surface area contributed by atoms with Crippen LogP contribution in [-0.4, -0.2) is 20.7 Å². The second-order valence-electron chi connectivity index (χ2n) is 5.50. The molecule has 0 aliphatic carbocycles. The van der Waals surface area contributed by atoms with Crippen molar-refractivity contribution < 1.29 is 9.21 Å². The number of rotatable bonds is 6. The van der Waals surface area contributed by atoms with Crippen molar-refractivity contribution in [3.8, 4) is 0 Å². The normalized spacial score (nSPS) is 10.6. The van der Waals surface area contributed by atoms with Crippen LogP contribution >= 0.6 is 0 Å². The predicted octanol–water partition coefficient (Wildman–Crippen LogP) is 2.26. The molecule has 0 aliphatic heterocycles. The van der Waals surface area contributed by atoms with Gasteiger partial charge in [0.2, 0.25) is 0 Å². The summed E-state index contributed by atoms with van der Waals surface area (Å²) in [6, 6.07) is 9.17. The number of benzene rings is 1. The zero-order valence-corrected chi connectivity index (χ0v) is 13.6. The third-order valence-electron chi connectivity index (χ3n) is 3.73. The number of carbonyl (C=O) groups is 1. The minimum atomic E-state index is -0.130. The Kier molecular flexibility index (Phi) is 4.60. The van der Waals surface area contributed by atoms with Crippen LogP contribution in [-0.2, 0) is 20.1 Å². The molecule has 1 aromatic carbocycles. The van der Waals surface area contributed by atoms with Gasteiger partial charge in [-0.05, 0) is 42.8 Å². The molecule has 1 amide bonds. The highest BCUT2D eigenvalue weighted by atomic mass is 16.3. The smallest absolute Gasteiger partial charge is 0.251 e. The van der Waals surface area contributed by atoms with Crippen LogP contribution in [0.3, 0.4) is 0 Å². The van der Waals surface area contributed by atoms with Crippen LogP contribution in [0.15, 0.2) is 47.3 Å². The number of amides is 1. The van der Waals surface area contributed by atoms with E-state index in [2.05, 4.69) is 20.8 Å². The van der Waals surface area contributed by atoms with Crippen molar-refractivity contribution in [1.29, 1.82) is 0 Å². The highest BCUT2D eigenvalue weighted by Crippen LogP contribution is 2.17. The Morgan fingerprint density at radius 2 is 2.17 bits per heavy atom. The number of aromatic nitrogens is 3. The molecule has 3 aromatic rings. The van der Waals surface area contributed by atoms with Crippen molar-refractivity contribution in [2.75, 3.05) is 5.32 Å². The highest BCUT2D eigenvalue weighted by Gasteiger charge is 2.09. The molecule has 3 rings (SSSR count). The summed E-state index contributed by atoms with van der Waals surface area (Å²) in [5, 5.41) is 14.0. The summed E-state index contributed by atoms with van der Waals surface area (Å²) < 4.78 is 7.06. The van der Waals surface area contributed by atoms with Gasteiger partial charge >= 0.3 is 0 Å². The van der Waals surface area contributed by atoms with E-state index in [9.17, 15) is 4.79 Å². The second kappa shape index (κ2) is 6.99. The first kappa shape index (κ1) is 15.8. The summed E-state index contributed by atoms with van der Waals surface area (Å²) >= 11 is 0. The Balaban J connectivity index is 1.61. The maximum atomic E-state index is 12.2. The Morgan fingerprint density at radius 3 is 2.83 bits per heavy atom. The molecule has 7 nitrogen and oxygen atoms in total. The molecule has 2 N–H and O–H groups in total. The number of nitrogens with zero attached hydrogens (tertiary/aromatic N) is 3. The van der Waals surface area contributed by atoms with E-state index in [1.165, 1.54) is 0 Å². The molecule has 0 unspecified atom stereocenters. The molecule has 0 bridgehead atoms. The third-order valence-corrected chi connectivity index (χ3v) is 3.73. The maximum absolute atomic E-state index is 12.2. The van der Waals surface area contributed by atoms with Crippen LogP contribution in [0.25, 0.3) is 0 Å². The fourth-order valence-corrected chi connectivity index (χ4v) is 2.33. The molecule has 0 saturated heterocycles. The molecule has 0 radical (unpaired) electrons. The molecule has 0 saturated carbocycles. The van der Waals surface area contributed by atoms with Crippen molar-refractivity contribution in [3.05, 3.63) is 65.6 Å². The number of anilines is 1. The lowest BCUT2D eigenvalue weighted by Gasteiger charge is -2.11. The minimum Gasteiger partial charge on any atom is -0.467 e. The Bertz CT molecular complexity index is 823. The van der Waals surface area contributed by atoms with Gasteiger partial charge in [0, 0.05) is 18.3 Å². The Morgan fingerprint density at radius 1 is 1.29 bits per heavy atom. The van der Waals surface area contributed by atoms with Crippen molar-refractivity contribution in [2.24, 2.45) is 7.05 Å². The van der Waals surface area contributed by atoms with Gasteiger partial charge in [-0.1, -0.05) is 0 Å². The van der Waals surface area contributed by atoms with Crippen LogP contribution in [0.4, 0.5) is 5.69 Å². The van der Waals surface area contributed by atoms with Crippen molar-refractivity contribution in [3.63, 3.8) is 0 Å². The van der Waals surface area contributed by atoms with Gasteiger partial charge in [0.15, 0.2) is 5.82 Å². The summed E-state index contributed by atoms with van der Waals surface area (Å²) in [7, 11) is 1.90. The largest absolute Gasteiger partial charge is 0.467 e. The molecule has 124 valence electrons. The number of furan rings is 1. The first-order valence-electron chi connectivity index (χ1n) is 7.61. The molecule has 0 spiro atoms. The first-order chi connectivity index (χ1) is 11.6. The predicted molar refractivity (Wildman–Crippen MR) is 89.4 cm³/mol. The van der Waals surface area contributed by atoms with Gasteiger partial charge in [-0.2, -0.15) is 0 Å². The fraction of sp³-hybridized carbons (Fsp3) is 0.235. The second-order valence-corrected chi connectivity index (χ2v) is 5.50. The third kappa shape index (κ3) is 3.62. The molecular weight excluding hydrogens is 306 g/mol. The molecule has 2 aromatic heterocycles. The van der Waals surface area contributed by atoms with Gasteiger partial charge < -0.3 is 19.6 Å². The summed E-state index contributed by atoms with van der Waals surface area (Å²) in [6.07, 6.45) is 3.25. The number of hydrogen-bond acceptors (Lipinski definition) is 5. The van der Waals surface area contributed by atoms with Crippen molar-refractivity contribution in [2.45, 2.75) is 20.0 Å². The summed E-state index contributed by atoms with van der Waals surface area (Å²) in [6.45, 7) is 2.90. The van der Waals surface area contributed by atoms with Gasteiger partial charge in [0.05, 0.1) is 19.4 Å². The molecule has 0 fully saturated rings. The first-order valence-corrected chi connectivity index (χ1v) is 7.61. The van der Waals surface area contributed by atoms with E-state index < -0.39 is 0 Å². The van der Waals surface area contributed by atoms with Gasteiger partial charge in [-0.25, -0.2) is 0 Å².